The number of hydrogen-bond acceptors (Lipinski definition) is 4. The van der Waals surface area contributed by atoms with Crippen LogP contribution in [0.2, 0.25) is 0 Å². The predicted molar refractivity (Wildman–Crippen MR) is 62.7 cm³/mol. The summed E-state index contributed by atoms with van der Waals surface area (Å²) in [5.74, 6) is -1.37. The number of aliphatic carboxylic acids is 1. The minimum absolute atomic E-state index is 0.0467. The van der Waals surface area contributed by atoms with Crippen LogP contribution in [-0.4, -0.2) is 35.5 Å². The molecule has 0 heterocycles. The molecule has 5 nitrogen and oxygen atoms in total. The summed E-state index contributed by atoms with van der Waals surface area (Å²) in [6.07, 6.45) is -0.789. The molecule has 0 unspecified atom stereocenters. The lowest BCUT2D eigenvalue weighted by Crippen LogP contribution is -2.95. The van der Waals surface area contributed by atoms with Gasteiger partial charge in [-0.25, -0.2) is 0 Å². The second-order valence-corrected chi connectivity index (χ2v) is 4.15. The van der Waals surface area contributed by atoms with E-state index in [2.05, 4.69) is 0 Å². The second kappa shape index (κ2) is 6.88. The van der Waals surface area contributed by atoms with Crippen molar-refractivity contribution in [3.63, 3.8) is 0 Å². The van der Waals surface area contributed by atoms with Crippen molar-refractivity contribution >= 4 is 11.8 Å². The molecule has 98 valence electrons. The Morgan fingerprint density at radius 1 is 1.33 bits per heavy atom. The summed E-state index contributed by atoms with van der Waals surface area (Å²) in [6.45, 7) is 1.69. The van der Waals surface area contributed by atoms with Gasteiger partial charge >= 0.3 is 0 Å². The number of ketones is 1. The Balaban J connectivity index is 2.42. The predicted octanol–water partition coefficient (Wildman–Crippen LogP) is -1.68. The molecule has 1 rings (SSSR count). The first-order chi connectivity index (χ1) is 8.52. The van der Waals surface area contributed by atoms with Crippen LogP contribution in [0.4, 0.5) is 0 Å². The molecular formula is C13H17NO4. The molecule has 0 bridgehead atoms. The van der Waals surface area contributed by atoms with Crippen LogP contribution in [0.5, 0.6) is 0 Å². The molecule has 0 amide bonds. The molecule has 0 saturated heterocycles. The maximum atomic E-state index is 11.7. The first kappa shape index (κ1) is 14.3. The van der Waals surface area contributed by atoms with E-state index >= 15 is 0 Å². The van der Waals surface area contributed by atoms with Crippen molar-refractivity contribution in [2.45, 2.75) is 25.5 Å². The van der Waals surface area contributed by atoms with E-state index in [4.69, 9.17) is 0 Å². The Bertz CT molecular complexity index is 403. The number of Topliss-reactive ketones (excluding diaryl/α,β-unsaturated/α-hetero) is 1. The Kier molecular flexibility index (Phi) is 5.48. The highest BCUT2D eigenvalue weighted by atomic mass is 16.4. The molecule has 0 radical (unpaired) electrons. The van der Waals surface area contributed by atoms with Crippen LogP contribution in [-0.2, 0) is 4.79 Å². The highest BCUT2D eigenvalue weighted by molar-refractivity contribution is 5.96. The highest BCUT2D eigenvalue weighted by Crippen LogP contribution is 2.01. The Morgan fingerprint density at radius 2 is 1.94 bits per heavy atom. The van der Waals surface area contributed by atoms with Crippen molar-refractivity contribution in [2.24, 2.45) is 0 Å². The zero-order chi connectivity index (χ0) is 13.5. The van der Waals surface area contributed by atoms with E-state index in [-0.39, 0.29) is 12.2 Å². The number of aliphatic hydroxyl groups is 1. The summed E-state index contributed by atoms with van der Waals surface area (Å²) in [5, 5.41) is 21.3. The number of carboxylic acids is 1. The lowest BCUT2D eigenvalue weighted by Gasteiger charge is -2.18. The number of rotatable bonds is 7. The maximum Gasteiger partial charge on any atom is 0.168 e. The minimum atomic E-state index is -1.32. The number of aliphatic hydroxyl groups excluding tert-OH is 1. The zero-order valence-corrected chi connectivity index (χ0v) is 10.2. The van der Waals surface area contributed by atoms with Gasteiger partial charge in [-0.2, -0.15) is 0 Å². The quantitative estimate of drug-likeness (QED) is 0.566. The Labute approximate surface area is 105 Å². The largest absolute Gasteiger partial charge is 0.544 e. The van der Waals surface area contributed by atoms with E-state index < -0.39 is 18.1 Å². The average molecular weight is 251 g/mol. The molecule has 2 atom stereocenters. The summed E-state index contributed by atoms with van der Waals surface area (Å²) in [5.41, 5.74) is 0.605. The molecule has 0 fully saturated rings. The fourth-order valence-corrected chi connectivity index (χ4v) is 1.65. The van der Waals surface area contributed by atoms with E-state index in [1.54, 1.807) is 24.3 Å². The monoisotopic (exact) mass is 251 g/mol. The molecule has 0 aliphatic rings. The Morgan fingerprint density at radius 3 is 2.44 bits per heavy atom. The molecule has 0 aliphatic carbocycles. The molecule has 3 N–H and O–H groups in total. The number of benzene rings is 1. The highest BCUT2D eigenvalue weighted by Gasteiger charge is 2.19. The van der Waals surface area contributed by atoms with Gasteiger partial charge in [0.15, 0.2) is 11.8 Å². The van der Waals surface area contributed by atoms with Gasteiger partial charge in [0.2, 0.25) is 0 Å². The van der Waals surface area contributed by atoms with Gasteiger partial charge in [-0.3, -0.25) is 4.79 Å². The van der Waals surface area contributed by atoms with Gasteiger partial charge < -0.3 is 20.3 Å². The first-order valence-corrected chi connectivity index (χ1v) is 5.83. The van der Waals surface area contributed by atoms with Crippen molar-refractivity contribution in [3.8, 4) is 0 Å². The molecule has 0 aliphatic heterocycles. The first-order valence-electron chi connectivity index (χ1n) is 5.83. The molecule has 18 heavy (non-hydrogen) atoms. The van der Waals surface area contributed by atoms with E-state index in [0.717, 1.165) is 0 Å². The summed E-state index contributed by atoms with van der Waals surface area (Å²) in [4.78, 5) is 22.4. The molecule has 0 spiro atoms. The van der Waals surface area contributed by atoms with Crippen molar-refractivity contribution in [1.29, 1.82) is 0 Å². The van der Waals surface area contributed by atoms with Crippen molar-refractivity contribution in [2.75, 3.05) is 6.54 Å². The van der Waals surface area contributed by atoms with E-state index in [0.29, 0.717) is 12.1 Å². The third kappa shape index (κ3) is 4.27. The minimum Gasteiger partial charge on any atom is -0.544 e. The lowest BCUT2D eigenvalue weighted by molar-refractivity contribution is -0.688. The summed E-state index contributed by atoms with van der Waals surface area (Å²) >= 11 is 0. The third-order valence-electron chi connectivity index (χ3n) is 2.68. The van der Waals surface area contributed by atoms with Crippen molar-refractivity contribution in [1.82, 2.24) is 0 Å². The lowest BCUT2D eigenvalue weighted by atomic mass is 10.1. The SMILES string of the molecule is C[C@@H](O)[C@H]([NH2+]CCC(=O)c1ccccc1)C(=O)[O-]. The van der Waals surface area contributed by atoms with E-state index in [1.807, 2.05) is 6.07 Å². The van der Waals surface area contributed by atoms with Crippen molar-refractivity contribution in [3.05, 3.63) is 35.9 Å². The normalized spacial score (nSPS) is 13.9. The maximum absolute atomic E-state index is 11.7. The van der Waals surface area contributed by atoms with Gasteiger partial charge in [0.1, 0.15) is 12.1 Å². The number of hydrogen-bond donors (Lipinski definition) is 2. The fraction of sp³-hybridized carbons (Fsp3) is 0.385. The van der Waals surface area contributed by atoms with Gasteiger partial charge in [0.05, 0.1) is 13.0 Å². The molecule has 1 aromatic carbocycles. The van der Waals surface area contributed by atoms with Crippen LogP contribution in [0.3, 0.4) is 0 Å². The smallest absolute Gasteiger partial charge is 0.168 e. The summed E-state index contributed by atoms with van der Waals surface area (Å²) in [6, 6.07) is 7.77. The summed E-state index contributed by atoms with van der Waals surface area (Å²) in [7, 11) is 0. The average Bonchev–Trinajstić information content (AvgIpc) is 2.34. The van der Waals surface area contributed by atoms with Crippen molar-refractivity contribution < 1.29 is 25.1 Å². The number of carboxylic acid groups (broad SMARTS) is 1. The standard InChI is InChI=1S/C13H17NO4/c1-9(15)12(13(17)18)14-8-7-11(16)10-5-3-2-4-6-10/h2-6,9,12,14-15H,7-8H2,1H3,(H,17,18)/t9-,12+/m1/s1. The van der Waals surface area contributed by atoms with Crippen LogP contribution >= 0.6 is 0 Å². The summed E-state index contributed by atoms with van der Waals surface area (Å²) < 4.78 is 0. The van der Waals surface area contributed by atoms with Gasteiger partial charge in [-0.15, -0.1) is 0 Å². The van der Waals surface area contributed by atoms with E-state index in [1.165, 1.54) is 12.2 Å². The number of nitrogens with two attached hydrogens (primary N) is 1. The second-order valence-electron chi connectivity index (χ2n) is 4.15. The van der Waals surface area contributed by atoms with Gasteiger partial charge in [0.25, 0.3) is 0 Å². The molecule has 0 saturated carbocycles. The molecule has 1 aromatic rings. The molecule has 5 heteroatoms. The topological polar surface area (TPSA) is 94.0 Å². The van der Waals surface area contributed by atoms with Crippen LogP contribution < -0.4 is 10.4 Å². The van der Waals surface area contributed by atoms with Crippen LogP contribution in [0.15, 0.2) is 30.3 Å². The van der Waals surface area contributed by atoms with Gasteiger partial charge in [-0.05, 0) is 6.92 Å². The van der Waals surface area contributed by atoms with Gasteiger partial charge in [-0.1, -0.05) is 30.3 Å². The number of carbonyl (C=O) groups excluding carboxylic acids is 2. The number of carbonyl (C=O) groups is 2. The number of quaternary nitrogens is 1. The van der Waals surface area contributed by atoms with Crippen LogP contribution in [0, 0.1) is 0 Å². The Hall–Kier alpha value is -1.72. The molecular weight excluding hydrogens is 234 g/mol. The third-order valence-corrected chi connectivity index (χ3v) is 2.68. The van der Waals surface area contributed by atoms with Crippen LogP contribution in [0.1, 0.15) is 23.7 Å². The van der Waals surface area contributed by atoms with Gasteiger partial charge in [0, 0.05) is 5.56 Å². The fourth-order valence-electron chi connectivity index (χ4n) is 1.65. The van der Waals surface area contributed by atoms with Crippen LogP contribution in [0.25, 0.3) is 0 Å². The zero-order valence-electron chi connectivity index (χ0n) is 10.2. The molecule has 0 aromatic heterocycles. The van der Waals surface area contributed by atoms with E-state index in [9.17, 15) is 19.8 Å².